The Morgan fingerprint density at radius 1 is 0.519 bits per heavy atom. The molecule has 9 aromatic rings. The third-order valence-electron chi connectivity index (χ3n) is 22.5. The van der Waals surface area contributed by atoms with Crippen molar-refractivity contribution in [3.63, 3.8) is 0 Å². The maximum atomic E-state index is 15.4. The van der Waals surface area contributed by atoms with Gasteiger partial charge in [0.25, 0.3) is 0 Å². The van der Waals surface area contributed by atoms with Gasteiger partial charge in [-0.05, 0) is 212 Å². The maximum Gasteiger partial charge on any atom is 0.354 e. The van der Waals surface area contributed by atoms with E-state index in [1.807, 2.05) is 66.9 Å². The summed E-state index contributed by atoms with van der Waals surface area (Å²) in [6.07, 6.45) is 36.1. The van der Waals surface area contributed by atoms with Crippen LogP contribution in [0.4, 0.5) is 17.6 Å². The molecule has 8 nitrogen and oxygen atoms in total. The Balaban J connectivity index is 0.000000208. The normalized spacial score (nSPS) is 18.6. The molecular weight excluding hydrogens is 1930 g/mol. The number of halogens is 4. The van der Waals surface area contributed by atoms with E-state index in [2.05, 4.69) is 116 Å². The van der Waals surface area contributed by atoms with Gasteiger partial charge in [-0.2, -0.15) is 0 Å². The second kappa shape index (κ2) is 40.4. The molecule has 14 rings (SSSR count). The number of phenols is 1. The van der Waals surface area contributed by atoms with Crippen LogP contribution in [-0.2, 0) is 105 Å². The summed E-state index contributed by atoms with van der Waals surface area (Å²) in [4.78, 5) is 31.1. The molecule has 5 heterocycles. The molecule has 3 unspecified atom stereocenters. The summed E-state index contributed by atoms with van der Waals surface area (Å²) in [6.45, 7) is 16.1. The second-order valence-electron chi connectivity index (χ2n) is 31.0. The van der Waals surface area contributed by atoms with Crippen LogP contribution in [0.2, 0.25) is 0 Å². The van der Waals surface area contributed by atoms with Crippen molar-refractivity contribution in [2.75, 3.05) is 0 Å². The molecule has 0 aliphatic heterocycles. The third kappa shape index (κ3) is 23.8. The van der Waals surface area contributed by atoms with Gasteiger partial charge in [0.1, 0.15) is 11.4 Å². The predicted molar refractivity (Wildman–Crippen MR) is 393 cm³/mol. The van der Waals surface area contributed by atoms with E-state index in [1.165, 1.54) is 137 Å². The first-order chi connectivity index (χ1) is 48.0. The SMILES string of the molecule is CC(c1ccc(-c2ccccn2)c(O)c1)C1(C)CCCC1.CC1(CCc2c(F)c[c-]c(-c3ccccn3)c2F)CCCC1.CC1(Cc2ccnc(-c3[c-]cccc3)c2)CCCC1.CC1CCC(C)(Cc2c(F)c[c-]c(-c3cc(CC4(C)CCCC4)ccn3)c2F)C1.O=C(O)c1ccccn1.[Ir].[Ir].[Ir].[Rh]. The number of carboxylic acids is 1. The minimum absolute atomic E-state index is 0. The van der Waals surface area contributed by atoms with Crippen LogP contribution in [-0.4, -0.2) is 41.1 Å². The molecule has 4 radical (unpaired) electrons. The number of hydrogen-bond acceptors (Lipinski definition) is 7. The average Bonchev–Trinajstić information content (AvgIpc) is 1.28. The van der Waals surface area contributed by atoms with Gasteiger partial charge >= 0.3 is 5.97 Å². The molecule has 0 bridgehead atoms. The smallest absolute Gasteiger partial charge is 0.354 e. The van der Waals surface area contributed by atoms with Crippen LogP contribution in [0.5, 0.6) is 5.75 Å². The topological polar surface area (TPSA) is 122 Å². The number of carboxylic acid groups (broad SMARTS) is 1. The van der Waals surface area contributed by atoms with E-state index in [9.17, 15) is 23.1 Å². The van der Waals surface area contributed by atoms with E-state index in [0.29, 0.717) is 63.6 Å². The van der Waals surface area contributed by atoms with Crippen molar-refractivity contribution in [1.82, 2.24) is 24.9 Å². The van der Waals surface area contributed by atoms with Crippen LogP contribution in [0.1, 0.15) is 221 Å². The fraction of sp³-hybridized carbons (Fsp3) is 0.432. The standard InChI is InChI=1S/C26H32F2N.C19H20F2N.C19H23NO.C18H20N.C6H5NO2.3Ir.Rh/c1-18-8-12-26(3,15-18)17-21-22(27)7-6-20(24(21)28)23-14-19(9-13-29-23)16-25(2)10-4-5-11-25;1-19(10-3-4-11-19)12-9-14-16(20)8-7-15(18(14)21)17-6-2-5-13-22-17;1-14(19(2)10-4-5-11-19)15-8-9-16(18(21)13-15)17-7-3-6-12-20-17;1-18(10-5-6-11-18)14-15-9-12-19-17(13-15)16-7-3-2-4-8-16;8-6(9)5-3-1-2-4-7-5;;;;/h7,9,13-14,18H,4-5,8,10-12,15-17H2,1-3H3;2,5-6,8,13H,3-4,9-12H2,1H3;3,6-9,12-14,21H,4-5,10-11H2,1-2H3;2-4,7,9,12-13H,5-6,10-11,14H2,1H3;1-4H,(H,8,9);;;;/q2*-1;;-1;;;;;. The summed E-state index contributed by atoms with van der Waals surface area (Å²) < 4.78 is 58.8. The van der Waals surface area contributed by atoms with Crippen molar-refractivity contribution in [2.24, 2.45) is 33.0 Å². The summed E-state index contributed by atoms with van der Waals surface area (Å²) in [5.74, 6) is -1.54. The third-order valence-corrected chi connectivity index (χ3v) is 22.5. The Hall–Kier alpha value is -5.81. The number of aromatic hydroxyl groups is 1. The number of hydrogen-bond donors (Lipinski definition) is 2. The van der Waals surface area contributed by atoms with Crippen molar-refractivity contribution in [3.8, 4) is 50.8 Å². The second-order valence-corrected chi connectivity index (χ2v) is 31.0. The maximum absolute atomic E-state index is 15.4. The molecule has 4 aromatic carbocycles. The van der Waals surface area contributed by atoms with Crippen LogP contribution in [0, 0.1) is 74.5 Å². The van der Waals surface area contributed by atoms with E-state index in [4.69, 9.17) is 5.11 Å². The predicted octanol–water partition coefficient (Wildman–Crippen LogP) is 23.2. The van der Waals surface area contributed by atoms with Crippen LogP contribution in [0.15, 0.2) is 164 Å². The zero-order valence-electron chi connectivity index (χ0n) is 61.1. The van der Waals surface area contributed by atoms with Gasteiger partial charge in [0.15, 0.2) is 0 Å². The number of rotatable bonds is 16. The minimum atomic E-state index is -0.990. The summed E-state index contributed by atoms with van der Waals surface area (Å²) in [5, 5.41) is 18.7. The average molecular weight is 2030 g/mol. The van der Waals surface area contributed by atoms with Crippen molar-refractivity contribution in [2.45, 2.75) is 208 Å². The Labute approximate surface area is 669 Å². The summed E-state index contributed by atoms with van der Waals surface area (Å²) in [5.41, 5.74) is 11.0. The zero-order chi connectivity index (χ0) is 70.9. The number of benzene rings is 4. The summed E-state index contributed by atoms with van der Waals surface area (Å²) in [7, 11) is 0. The monoisotopic (exact) mass is 2030 g/mol. The quantitative estimate of drug-likeness (QED) is 0.0557. The number of aromatic nitrogens is 5. The van der Waals surface area contributed by atoms with Gasteiger partial charge in [-0.1, -0.05) is 182 Å². The van der Waals surface area contributed by atoms with Gasteiger partial charge in [0, 0.05) is 140 Å². The first kappa shape index (κ1) is 87.1. The first-order valence-corrected chi connectivity index (χ1v) is 36.5. The van der Waals surface area contributed by atoms with Crippen molar-refractivity contribution in [3.05, 3.63) is 239 Å². The molecule has 5 aromatic heterocycles. The molecule has 5 aliphatic rings. The Kier molecular flexibility index (Phi) is 33.8. The minimum Gasteiger partial charge on any atom is -0.507 e. The molecule has 2 N–H and O–H groups in total. The molecular formula is C88H100F4Ir3N5O3Rh-3. The van der Waals surface area contributed by atoms with E-state index in [0.717, 1.165) is 67.5 Å². The molecule has 0 amide bonds. The summed E-state index contributed by atoms with van der Waals surface area (Å²) >= 11 is 0. The van der Waals surface area contributed by atoms with Gasteiger partial charge in [0.05, 0.1) is 5.69 Å². The number of pyridine rings is 5. The molecule has 3 atom stereocenters. The van der Waals surface area contributed by atoms with Crippen molar-refractivity contribution < 1.29 is 112 Å². The molecule has 104 heavy (non-hydrogen) atoms. The Bertz CT molecular complexity index is 4120. The van der Waals surface area contributed by atoms with Gasteiger partial charge in [0.2, 0.25) is 0 Å². The van der Waals surface area contributed by atoms with Gasteiger partial charge in [-0.15, -0.1) is 60.2 Å². The number of aromatic carboxylic acids is 1. The number of carbonyl (C=O) groups is 1. The van der Waals surface area contributed by atoms with Crippen LogP contribution >= 0.6 is 0 Å². The summed E-state index contributed by atoms with van der Waals surface area (Å²) in [6, 6.07) is 49.6. The number of phenolic OH excluding ortho intramolecular Hbond substituents is 1. The molecule has 5 aliphatic carbocycles. The molecule has 0 spiro atoms. The first-order valence-electron chi connectivity index (χ1n) is 36.5. The Morgan fingerprint density at radius 3 is 1.51 bits per heavy atom. The van der Waals surface area contributed by atoms with E-state index in [-0.39, 0.29) is 113 Å². The molecule has 0 saturated heterocycles. The van der Waals surface area contributed by atoms with E-state index in [1.54, 1.807) is 48.9 Å². The van der Waals surface area contributed by atoms with Crippen LogP contribution < -0.4 is 0 Å². The zero-order valence-corrected chi connectivity index (χ0v) is 69.9. The fourth-order valence-electron chi connectivity index (χ4n) is 16.4. The molecule has 16 heteroatoms. The molecule has 5 saturated carbocycles. The Morgan fingerprint density at radius 2 is 1.01 bits per heavy atom. The van der Waals surface area contributed by atoms with Crippen LogP contribution in [0.3, 0.4) is 0 Å². The van der Waals surface area contributed by atoms with Crippen LogP contribution in [0.25, 0.3) is 45.0 Å². The van der Waals surface area contributed by atoms with E-state index < -0.39 is 29.2 Å². The molecule has 562 valence electrons. The van der Waals surface area contributed by atoms with Gasteiger partial charge in [-0.3, -0.25) is 22.5 Å². The van der Waals surface area contributed by atoms with Gasteiger partial charge < -0.3 is 25.2 Å². The fourth-order valence-corrected chi connectivity index (χ4v) is 16.4. The van der Waals surface area contributed by atoms with Crippen molar-refractivity contribution in [1.29, 1.82) is 0 Å². The number of nitrogens with zero attached hydrogens (tertiary/aromatic N) is 5. The van der Waals surface area contributed by atoms with E-state index >= 15 is 4.39 Å². The van der Waals surface area contributed by atoms with Gasteiger partial charge in [-0.25, -0.2) is 9.78 Å². The largest absolute Gasteiger partial charge is 0.507 e. The molecule has 5 fully saturated rings. The van der Waals surface area contributed by atoms with Crippen molar-refractivity contribution >= 4 is 5.97 Å².